The number of methoxy groups -OCH3 is 1. The van der Waals surface area contributed by atoms with E-state index in [0.29, 0.717) is 5.75 Å². The van der Waals surface area contributed by atoms with Crippen LogP contribution < -0.4 is 4.74 Å². The van der Waals surface area contributed by atoms with E-state index in [1.807, 2.05) is 0 Å². The van der Waals surface area contributed by atoms with Gasteiger partial charge in [-0.1, -0.05) is 12.1 Å². The zero-order valence-corrected chi connectivity index (χ0v) is 10.0. The van der Waals surface area contributed by atoms with E-state index in [1.54, 1.807) is 6.07 Å². The predicted molar refractivity (Wildman–Crippen MR) is 61.6 cm³/mol. The first kappa shape index (κ1) is 14.0. The van der Waals surface area contributed by atoms with Crippen LogP contribution >= 0.6 is 0 Å². The molecule has 18 heavy (non-hydrogen) atoms. The quantitative estimate of drug-likeness (QED) is 0.583. The Hall–Kier alpha value is -2.08. The fourth-order valence-corrected chi connectivity index (χ4v) is 1.36. The van der Waals surface area contributed by atoms with Crippen molar-refractivity contribution in [2.24, 2.45) is 0 Å². The second-order valence-corrected chi connectivity index (χ2v) is 3.81. The predicted octanol–water partition coefficient (Wildman–Crippen LogP) is 1.10. The third kappa shape index (κ3) is 2.60. The monoisotopic (exact) mass is 254 g/mol. The van der Waals surface area contributed by atoms with Crippen LogP contribution in [0.25, 0.3) is 0 Å². The molecule has 2 N–H and O–H groups in total. The van der Waals surface area contributed by atoms with Crippen molar-refractivity contribution in [3.8, 4) is 5.75 Å². The summed E-state index contributed by atoms with van der Waals surface area (Å²) in [4.78, 5) is 22.3. The van der Waals surface area contributed by atoms with Gasteiger partial charge in [0, 0.05) is 7.11 Å². The smallest absolute Gasteiger partial charge is 0.325 e. The molecule has 0 heterocycles. The van der Waals surface area contributed by atoms with Crippen LogP contribution in [0.5, 0.6) is 5.75 Å². The van der Waals surface area contributed by atoms with E-state index in [1.165, 1.54) is 25.3 Å². The molecule has 0 aliphatic rings. The maximum atomic E-state index is 11.1. The number of carboxylic acids is 2. The summed E-state index contributed by atoms with van der Waals surface area (Å²) in [5.41, 5.74) is -1.87. The van der Waals surface area contributed by atoms with Crippen molar-refractivity contribution in [2.75, 3.05) is 13.9 Å². The van der Waals surface area contributed by atoms with Gasteiger partial charge in [0.1, 0.15) is 5.75 Å². The largest absolute Gasteiger partial charge is 0.480 e. The van der Waals surface area contributed by atoms with Crippen molar-refractivity contribution in [1.82, 2.24) is 0 Å². The van der Waals surface area contributed by atoms with Crippen molar-refractivity contribution in [3.63, 3.8) is 0 Å². The van der Waals surface area contributed by atoms with Crippen LogP contribution in [0.15, 0.2) is 24.3 Å². The van der Waals surface area contributed by atoms with Crippen LogP contribution in [0.3, 0.4) is 0 Å². The van der Waals surface area contributed by atoms with E-state index in [4.69, 9.17) is 19.7 Å². The first-order valence-electron chi connectivity index (χ1n) is 5.12. The molecule has 0 saturated heterocycles. The summed E-state index contributed by atoms with van der Waals surface area (Å²) in [6.45, 7) is 1.13. The van der Waals surface area contributed by atoms with Crippen LogP contribution in [-0.4, -0.2) is 36.1 Å². The molecule has 98 valence electrons. The molecule has 0 radical (unpaired) electrons. The van der Waals surface area contributed by atoms with Gasteiger partial charge in [-0.3, -0.25) is 9.59 Å². The average molecular weight is 254 g/mol. The molecule has 0 atom stereocenters. The first-order valence-corrected chi connectivity index (χ1v) is 5.12. The van der Waals surface area contributed by atoms with Crippen molar-refractivity contribution in [2.45, 2.75) is 12.3 Å². The van der Waals surface area contributed by atoms with E-state index >= 15 is 0 Å². The molecular formula is C12H14O6. The second kappa shape index (κ2) is 5.50. The summed E-state index contributed by atoms with van der Waals surface area (Å²) in [6.07, 6.45) is 0. The van der Waals surface area contributed by atoms with Gasteiger partial charge in [-0.25, -0.2) is 0 Å². The molecule has 1 aromatic carbocycles. The summed E-state index contributed by atoms with van der Waals surface area (Å²) < 4.78 is 9.85. The highest BCUT2D eigenvalue weighted by Crippen LogP contribution is 2.27. The number of hydrogen-bond acceptors (Lipinski definition) is 4. The first-order chi connectivity index (χ1) is 8.42. The Bertz CT molecular complexity index is 440. The lowest BCUT2D eigenvalue weighted by Gasteiger charge is -2.20. The Morgan fingerprint density at radius 1 is 1.28 bits per heavy atom. The molecule has 1 rings (SSSR count). The lowest BCUT2D eigenvalue weighted by Crippen LogP contribution is -2.40. The lowest BCUT2D eigenvalue weighted by atomic mass is 9.82. The summed E-state index contributed by atoms with van der Waals surface area (Å²) in [6, 6.07) is 5.93. The average Bonchev–Trinajstić information content (AvgIpc) is 2.35. The van der Waals surface area contributed by atoms with Crippen LogP contribution in [-0.2, 0) is 19.7 Å². The highest BCUT2D eigenvalue weighted by atomic mass is 16.7. The van der Waals surface area contributed by atoms with Gasteiger partial charge in [0.15, 0.2) is 12.2 Å². The SMILES string of the molecule is COCOc1cccc(C(C)(C(=O)O)C(=O)O)c1. The van der Waals surface area contributed by atoms with Gasteiger partial charge in [0.05, 0.1) is 0 Å². The number of benzene rings is 1. The van der Waals surface area contributed by atoms with Crippen LogP contribution in [0.1, 0.15) is 12.5 Å². The zero-order valence-electron chi connectivity index (χ0n) is 10.0. The van der Waals surface area contributed by atoms with Gasteiger partial charge >= 0.3 is 11.9 Å². The molecule has 0 spiro atoms. The molecule has 0 aromatic heterocycles. The number of hydrogen-bond donors (Lipinski definition) is 2. The van der Waals surface area contributed by atoms with Gasteiger partial charge in [-0.2, -0.15) is 0 Å². The fraction of sp³-hybridized carbons (Fsp3) is 0.333. The van der Waals surface area contributed by atoms with E-state index < -0.39 is 17.4 Å². The highest BCUT2D eigenvalue weighted by Gasteiger charge is 2.43. The van der Waals surface area contributed by atoms with E-state index in [9.17, 15) is 9.59 Å². The van der Waals surface area contributed by atoms with Crippen LogP contribution in [0.2, 0.25) is 0 Å². The molecule has 6 nitrogen and oxygen atoms in total. The third-order valence-electron chi connectivity index (χ3n) is 2.61. The summed E-state index contributed by atoms with van der Waals surface area (Å²) in [5.74, 6) is -2.51. The summed E-state index contributed by atoms with van der Waals surface area (Å²) in [7, 11) is 1.45. The number of aliphatic carboxylic acids is 2. The molecular weight excluding hydrogens is 240 g/mol. The maximum Gasteiger partial charge on any atom is 0.325 e. The van der Waals surface area contributed by atoms with Crippen molar-refractivity contribution in [1.29, 1.82) is 0 Å². The van der Waals surface area contributed by atoms with Crippen LogP contribution in [0.4, 0.5) is 0 Å². The second-order valence-electron chi connectivity index (χ2n) is 3.81. The minimum Gasteiger partial charge on any atom is -0.480 e. The molecule has 0 fully saturated rings. The molecule has 0 bridgehead atoms. The molecule has 0 aliphatic carbocycles. The Balaban J connectivity index is 3.14. The molecule has 0 aliphatic heterocycles. The Kier molecular flexibility index (Phi) is 4.28. The Morgan fingerprint density at radius 2 is 1.89 bits per heavy atom. The van der Waals surface area contributed by atoms with Crippen molar-refractivity contribution in [3.05, 3.63) is 29.8 Å². The number of carboxylic acid groups (broad SMARTS) is 2. The van der Waals surface area contributed by atoms with Crippen LogP contribution in [0, 0.1) is 0 Å². The minimum atomic E-state index is -2.01. The van der Waals surface area contributed by atoms with E-state index in [0.717, 1.165) is 6.92 Å². The van der Waals surface area contributed by atoms with Gasteiger partial charge in [-0.15, -0.1) is 0 Å². The maximum absolute atomic E-state index is 11.1. The molecule has 1 aromatic rings. The van der Waals surface area contributed by atoms with E-state index in [2.05, 4.69) is 0 Å². The molecule has 0 saturated carbocycles. The Labute approximate surface area is 104 Å². The summed E-state index contributed by atoms with van der Waals surface area (Å²) in [5, 5.41) is 18.2. The highest BCUT2D eigenvalue weighted by molar-refractivity contribution is 6.04. The topological polar surface area (TPSA) is 93.1 Å². The van der Waals surface area contributed by atoms with Crippen molar-refractivity contribution >= 4 is 11.9 Å². The Morgan fingerprint density at radius 3 is 2.39 bits per heavy atom. The summed E-state index contributed by atoms with van der Waals surface area (Å²) >= 11 is 0. The normalized spacial score (nSPS) is 11.0. The van der Waals surface area contributed by atoms with Gasteiger partial charge in [-0.05, 0) is 24.6 Å². The van der Waals surface area contributed by atoms with Crippen molar-refractivity contribution < 1.29 is 29.3 Å². The fourth-order valence-electron chi connectivity index (χ4n) is 1.36. The molecule has 0 unspecified atom stereocenters. The molecule has 0 amide bonds. The lowest BCUT2D eigenvalue weighted by molar-refractivity contribution is -0.156. The zero-order chi connectivity index (χ0) is 13.8. The standard InChI is InChI=1S/C12H14O6/c1-12(10(13)14,11(15)16)8-4-3-5-9(6-8)18-7-17-2/h3-6H,7H2,1-2H3,(H,13,14)(H,15,16). The van der Waals surface area contributed by atoms with E-state index in [-0.39, 0.29) is 12.4 Å². The van der Waals surface area contributed by atoms with Gasteiger partial charge in [0.25, 0.3) is 0 Å². The van der Waals surface area contributed by atoms with Gasteiger partial charge in [0.2, 0.25) is 0 Å². The molecule has 6 heteroatoms. The van der Waals surface area contributed by atoms with Gasteiger partial charge < -0.3 is 19.7 Å². The number of rotatable bonds is 6. The number of carbonyl (C=O) groups is 2. The third-order valence-corrected chi connectivity index (χ3v) is 2.61. The number of ether oxygens (including phenoxy) is 2. The minimum absolute atomic E-state index is 0.000308.